The molecule has 0 aromatic carbocycles. The summed E-state index contributed by atoms with van der Waals surface area (Å²) >= 11 is 0. The smallest absolute Gasteiger partial charge is 0.312 e. The van der Waals surface area contributed by atoms with Crippen LogP contribution in [0.25, 0.3) is 0 Å². The summed E-state index contributed by atoms with van der Waals surface area (Å²) in [6.45, 7) is 8.15. The first-order valence-electron chi connectivity index (χ1n) is 6.42. The molecule has 0 saturated heterocycles. The van der Waals surface area contributed by atoms with Gasteiger partial charge < -0.3 is 9.47 Å². The van der Waals surface area contributed by atoms with Crippen molar-refractivity contribution in [2.45, 2.75) is 47.0 Å². The molecule has 0 rings (SSSR count). The highest BCUT2D eigenvalue weighted by Gasteiger charge is 2.42. The molecule has 0 bridgehead atoms. The molecule has 0 aromatic heterocycles. The first kappa shape index (κ1) is 16.9. The van der Waals surface area contributed by atoms with Crippen LogP contribution in [0.5, 0.6) is 0 Å². The zero-order valence-electron chi connectivity index (χ0n) is 12.4. The van der Waals surface area contributed by atoms with E-state index < -0.39 is 5.41 Å². The van der Waals surface area contributed by atoms with Gasteiger partial charge in [-0.05, 0) is 24.7 Å². The van der Waals surface area contributed by atoms with Crippen LogP contribution < -0.4 is 0 Å². The number of carbonyl (C=O) groups excluding carboxylic acids is 2. The van der Waals surface area contributed by atoms with E-state index in [9.17, 15) is 9.59 Å². The van der Waals surface area contributed by atoms with Gasteiger partial charge in [0.15, 0.2) is 0 Å². The molecule has 0 unspecified atom stereocenters. The lowest BCUT2D eigenvalue weighted by Gasteiger charge is -2.33. The van der Waals surface area contributed by atoms with Crippen LogP contribution in [0.3, 0.4) is 0 Å². The molecule has 0 radical (unpaired) electrons. The average molecular weight is 258 g/mol. The average Bonchev–Trinajstić information content (AvgIpc) is 2.25. The number of carbonyl (C=O) groups is 2. The van der Waals surface area contributed by atoms with Crippen LogP contribution >= 0.6 is 0 Å². The monoisotopic (exact) mass is 258 g/mol. The van der Waals surface area contributed by atoms with Crippen molar-refractivity contribution in [1.82, 2.24) is 0 Å². The van der Waals surface area contributed by atoms with Crippen molar-refractivity contribution in [3.05, 3.63) is 0 Å². The van der Waals surface area contributed by atoms with E-state index in [1.165, 1.54) is 14.2 Å². The SMILES string of the molecule is COC(=O)CC(CC(C)C)(CC(C)C)C(=O)OC. The van der Waals surface area contributed by atoms with Crippen molar-refractivity contribution in [2.24, 2.45) is 17.3 Å². The maximum Gasteiger partial charge on any atom is 0.312 e. The number of methoxy groups -OCH3 is 2. The van der Waals surface area contributed by atoms with E-state index >= 15 is 0 Å². The lowest BCUT2D eigenvalue weighted by atomic mass is 9.72. The van der Waals surface area contributed by atoms with Crippen molar-refractivity contribution >= 4 is 11.9 Å². The fourth-order valence-corrected chi connectivity index (χ4v) is 2.59. The standard InChI is InChI=1S/C14H26O4/c1-10(2)7-14(8-11(3)4,13(16)18-6)9-12(15)17-5/h10-11H,7-9H2,1-6H3. The second-order valence-electron chi connectivity index (χ2n) is 5.72. The largest absolute Gasteiger partial charge is 0.469 e. The van der Waals surface area contributed by atoms with Crippen LogP contribution in [-0.2, 0) is 19.1 Å². The number of rotatable bonds is 7. The number of ether oxygens (including phenoxy) is 2. The summed E-state index contributed by atoms with van der Waals surface area (Å²) in [4.78, 5) is 23.7. The van der Waals surface area contributed by atoms with E-state index in [4.69, 9.17) is 9.47 Å². The molecule has 0 saturated carbocycles. The summed E-state index contributed by atoms with van der Waals surface area (Å²) in [5, 5.41) is 0. The summed E-state index contributed by atoms with van der Waals surface area (Å²) in [5.41, 5.74) is -0.760. The quantitative estimate of drug-likeness (QED) is 0.659. The number of hydrogen-bond donors (Lipinski definition) is 0. The Kier molecular flexibility index (Phi) is 6.96. The van der Waals surface area contributed by atoms with Gasteiger partial charge in [0.1, 0.15) is 0 Å². The maximum atomic E-state index is 12.1. The highest BCUT2D eigenvalue weighted by atomic mass is 16.5. The Morgan fingerprint density at radius 3 is 1.67 bits per heavy atom. The minimum atomic E-state index is -0.760. The van der Waals surface area contributed by atoms with Crippen LogP contribution in [0.1, 0.15) is 47.0 Å². The topological polar surface area (TPSA) is 52.6 Å². The first-order chi connectivity index (χ1) is 8.27. The molecule has 0 aliphatic heterocycles. The molecule has 0 aliphatic rings. The molecule has 106 valence electrons. The van der Waals surface area contributed by atoms with Gasteiger partial charge in [0, 0.05) is 0 Å². The van der Waals surface area contributed by atoms with Gasteiger partial charge in [-0.3, -0.25) is 9.59 Å². The minimum Gasteiger partial charge on any atom is -0.469 e. The molecule has 0 atom stereocenters. The molecule has 0 heterocycles. The Labute approximate surface area is 110 Å². The molecule has 0 aliphatic carbocycles. The Balaban J connectivity index is 5.23. The van der Waals surface area contributed by atoms with Crippen LogP contribution in [0.2, 0.25) is 0 Å². The molecule has 0 N–H and O–H groups in total. The fraction of sp³-hybridized carbons (Fsp3) is 0.857. The number of esters is 2. The van der Waals surface area contributed by atoms with Crippen molar-refractivity contribution in [3.8, 4) is 0 Å². The Morgan fingerprint density at radius 1 is 0.944 bits per heavy atom. The predicted octanol–water partition coefficient (Wildman–Crippen LogP) is 2.80. The van der Waals surface area contributed by atoms with Gasteiger partial charge in [-0.15, -0.1) is 0 Å². The predicted molar refractivity (Wildman–Crippen MR) is 70.0 cm³/mol. The second-order valence-corrected chi connectivity index (χ2v) is 5.72. The van der Waals surface area contributed by atoms with Crippen LogP contribution in [0, 0.1) is 17.3 Å². The van der Waals surface area contributed by atoms with Gasteiger partial charge in [0.25, 0.3) is 0 Å². The van der Waals surface area contributed by atoms with Crippen molar-refractivity contribution < 1.29 is 19.1 Å². The molecule has 4 nitrogen and oxygen atoms in total. The summed E-state index contributed by atoms with van der Waals surface area (Å²) in [6, 6.07) is 0. The third-order valence-electron chi connectivity index (χ3n) is 2.93. The Bertz CT molecular complexity index is 272. The van der Waals surface area contributed by atoms with E-state index in [0.717, 1.165) is 0 Å². The highest BCUT2D eigenvalue weighted by molar-refractivity contribution is 5.83. The summed E-state index contributed by atoms with van der Waals surface area (Å²) in [7, 11) is 2.71. The molecule has 0 spiro atoms. The molecule has 0 fully saturated rings. The van der Waals surface area contributed by atoms with Gasteiger partial charge in [-0.25, -0.2) is 0 Å². The summed E-state index contributed by atoms with van der Waals surface area (Å²) < 4.78 is 9.63. The van der Waals surface area contributed by atoms with E-state index in [-0.39, 0.29) is 18.4 Å². The van der Waals surface area contributed by atoms with Crippen molar-refractivity contribution in [3.63, 3.8) is 0 Å². The van der Waals surface area contributed by atoms with E-state index in [2.05, 4.69) is 0 Å². The zero-order chi connectivity index (χ0) is 14.3. The molecular weight excluding hydrogens is 232 g/mol. The Morgan fingerprint density at radius 2 is 1.39 bits per heavy atom. The van der Waals surface area contributed by atoms with Gasteiger partial charge in [-0.2, -0.15) is 0 Å². The first-order valence-corrected chi connectivity index (χ1v) is 6.42. The normalized spacial score (nSPS) is 11.8. The molecular formula is C14H26O4. The molecule has 0 amide bonds. The van der Waals surface area contributed by atoms with Gasteiger partial charge >= 0.3 is 11.9 Å². The molecule has 4 heteroatoms. The lowest BCUT2D eigenvalue weighted by Crippen LogP contribution is -2.37. The maximum absolute atomic E-state index is 12.1. The third-order valence-corrected chi connectivity index (χ3v) is 2.93. The highest BCUT2D eigenvalue weighted by Crippen LogP contribution is 2.38. The number of hydrogen-bond acceptors (Lipinski definition) is 4. The third kappa shape index (κ3) is 5.07. The van der Waals surface area contributed by atoms with Crippen LogP contribution in [-0.4, -0.2) is 26.2 Å². The van der Waals surface area contributed by atoms with Gasteiger partial charge in [0.05, 0.1) is 26.1 Å². The second kappa shape index (κ2) is 7.39. The molecule has 18 heavy (non-hydrogen) atoms. The van der Waals surface area contributed by atoms with E-state index in [1.807, 2.05) is 27.7 Å². The van der Waals surface area contributed by atoms with Gasteiger partial charge in [0.2, 0.25) is 0 Å². The van der Waals surface area contributed by atoms with Crippen LogP contribution in [0.4, 0.5) is 0 Å². The lowest BCUT2D eigenvalue weighted by molar-refractivity contribution is -0.162. The molecule has 0 aromatic rings. The van der Waals surface area contributed by atoms with Gasteiger partial charge in [-0.1, -0.05) is 27.7 Å². The van der Waals surface area contributed by atoms with E-state index in [0.29, 0.717) is 24.7 Å². The van der Waals surface area contributed by atoms with E-state index in [1.54, 1.807) is 0 Å². The zero-order valence-corrected chi connectivity index (χ0v) is 12.4. The van der Waals surface area contributed by atoms with Crippen molar-refractivity contribution in [1.29, 1.82) is 0 Å². The van der Waals surface area contributed by atoms with Crippen LogP contribution in [0.15, 0.2) is 0 Å². The summed E-state index contributed by atoms with van der Waals surface area (Å²) in [6.07, 6.45) is 1.35. The fourth-order valence-electron chi connectivity index (χ4n) is 2.59. The summed E-state index contributed by atoms with van der Waals surface area (Å²) in [5.74, 6) is -0.0444. The van der Waals surface area contributed by atoms with Crippen molar-refractivity contribution in [2.75, 3.05) is 14.2 Å². The Hall–Kier alpha value is -1.06. The minimum absolute atomic E-state index is 0.0898.